The van der Waals surface area contributed by atoms with E-state index < -0.39 is 0 Å². The predicted molar refractivity (Wildman–Crippen MR) is 114 cm³/mol. The van der Waals surface area contributed by atoms with E-state index >= 15 is 0 Å². The average Bonchev–Trinajstić information content (AvgIpc) is 2.62. The van der Waals surface area contributed by atoms with Gasteiger partial charge in [0.1, 0.15) is 0 Å². The fourth-order valence-electron chi connectivity index (χ4n) is 7.37. The molecule has 7 atom stereocenters. The minimum absolute atomic E-state index is 0.587. The molecular formula is C24H37N3. The molecule has 148 valence electrons. The van der Waals surface area contributed by atoms with Crippen LogP contribution in [-0.2, 0) is 0 Å². The van der Waals surface area contributed by atoms with Gasteiger partial charge in [-0.25, -0.2) is 0 Å². The maximum Gasteiger partial charge on any atom is 0.0576 e. The molecule has 2 heterocycles. The number of benzene rings is 1. The van der Waals surface area contributed by atoms with Crippen LogP contribution in [0.5, 0.6) is 0 Å². The summed E-state index contributed by atoms with van der Waals surface area (Å²) in [6.45, 7) is 2.49. The van der Waals surface area contributed by atoms with Crippen LogP contribution in [0, 0.1) is 17.8 Å². The summed E-state index contributed by atoms with van der Waals surface area (Å²) >= 11 is 0. The number of hydrogen-bond donors (Lipinski definition) is 2. The van der Waals surface area contributed by atoms with Crippen LogP contribution < -0.4 is 11.1 Å². The van der Waals surface area contributed by atoms with Gasteiger partial charge in [0.2, 0.25) is 0 Å². The van der Waals surface area contributed by atoms with Crippen LogP contribution in [-0.4, -0.2) is 29.1 Å². The number of nitrogens with zero attached hydrogens (tertiary/aromatic N) is 1. The number of anilines is 2. The fraction of sp³-hybridized carbons (Fsp3) is 0.750. The number of nitrogens with one attached hydrogen (secondary N) is 1. The number of rotatable bonds is 3. The van der Waals surface area contributed by atoms with Crippen LogP contribution in [0.4, 0.5) is 11.4 Å². The smallest absolute Gasteiger partial charge is 0.0576 e. The minimum Gasteiger partial charge on any atom is -0.397 e. The molecule has 2 aliphatic heterocycles. The lowest BCUT2D eigenvalue weighted by Gasteiger charge is -2.55. The molecule has 1 aromatic rings. The van der Waals surface area contributed by atoms with Crippen molar-refractivity contribution in [1.82, 2.24) is 4.90 Å². The lowest BCUT2D eigenvalue weighted by atomic mass is 9.65. The van der Waals surface area contributed by atoms with Gasteiger partial charge in [-0.2, -0.15) is 0 Å². The van der Waals surface area contributed by atoms with Crippen LogP contribution in [0.2, 0.25) is 0 Å². The van der Waals surface area contributed by atoms with Gasteiger partial charge in [0.25, 0.3) is 0 Å². The standard InChI is InChI=1S/C24H37N3/c1-16-9-17-11-18(10-16)13-22(12-17)27-20-5-4-6-21(27)15-19(14-20)26-24-8-3-2-7-23(24)25/h2-3,7-8,16-22,26H,4-6,9-15,25H2,1H3/t16?,17-,18+,19?,20-,21+,22?. The quantitative estimate of drug-likeness (QED) is 0.714. The summed E-state index contributed by atoms with van der Waals surface area (Å²) in [4.78, 5) is 3.03. The summed E-state index contributed by atoms with van der Waals surface area (Å²) in [6, 6.07) is 11.3. The Balaban J connectivity index is 1.28. The first-order chi connectivity index (χ1) is 13.2. The molecule has 0 amide bonds. The number of piperidine rings is 2. The van der Waals surface area contributed by atoms with E-state index in [4.69, 9.17) is 5.73 Å². The van der Waals surface area contributed by atoms with Gasteiger partial charge in [0.15, 0.2) is 0 Å². The number of nitrogen functional groups attached to an aromatic ring is 1. The fourth-order valence-corrected chi connectivity index (χ4v) is 7.37. The van der Waals surface area contributed by atoms with Crippen LogP contribution >= 0.6 is 0 Å². The second kappa shape index (κ2) is 7.31. The molecule has 2 saturated heterocycles. The van der Waals surface area contributed by atoms with Crippen LogP contribution in [0.1, 0.15) is 71.1 Å². The predicted octanol–water partition coefficient (Wildman–Crippen LogP) is 5.28. The van der Waals surface area contributed by atoms with Crippen LogP contribution in [0.15, 0.2) is 24.3 Å². The summed E-state index contributed by atoms with van der Waals surface area (Å²) in [5.41, 5.74) is 8.21. The normalized spacial score (nSPS) is 41.9. The van der Waals surface area contributed by atoms with E-state index in [-0.39, 0.29) is 0 Å². The molecule has 0 spiro atoms. The Morgan fingerprint density at radius 2 is 1.52 bits per heavy atom. The van der Waals surface area contributed by atoms with Crippen molar-refractivity contribution in [2.24, 2.45) is 17.8 Å². The highest BCUT2D eigenvalue weighted by Crippen LogP contribution is 2.47. The molecule has 0 aromatic heterocycles. The Bertz CT molecular complexity index is 627. The Morgan fingerprint density at radius 3 is 2.19 bits per heavy atom. The van der Waals surface area contributed by atoms with Crippen LogP contribution in [0.3, 0.4) is 0 Å². The lowest BCUT2D eigenvalue weighted by Crippen LogP contribution is -2.60. The maximum atomic E-state index is 6.19. The lowest BCUT2D eigenvalue weighted by molar-refractivity contribution is -0.0428. The van der Waals surface area contributed by atoms with Crippen molar-refractivity contribution in [3.8, 4) is 0 Å². The molecule has 27 heavy (non-hydrogen) atoms. The third-order valence-electron chi connectivity index (χ3n) is 8.12. The third kappa shape index (κ3) is 3.60. The Hall–Kier alpha value is -1.22. The third-order valence-corrected chi connectivity index (χ3v) is 8.12. The van der Waals surface area contributed by atoms with Crippen molar-refractivity contribution < 1.29 is 0 Å². The van der Waals surface area contributed by atoms with E-state index in [1.807, 2.05) is 12.1 Å². The molecule has 1 aromatic carbocycles. The Labute approximate surface area is 165 Å². The van der Waals surface area contributed by atoms with Crippen LogP contribution in [0.25, 0.3) is 0 Å². The van der Waals surface area contributed by atoms with Gasteiger partial charge >= 0.3 is 0 Å². The van der Waals surface area contributed by atoms with E-state index in [1.165, 1.54) is 64.2 Å². The molecule has 3 N–H and O–H groups in total. The molecule has 4 bridgehead atoms. The molecule has 3 heteroatoms. The van der Waals surface area contributed by atoms with E-state index in [0.717, 1.165) is 47.3 Å². The number of nitrogens with two attached hydrogens (primary N) is 1. The van der Waals surface area contributed by atoms with E-state index in [0.29, 0.717) is 6.04 Å². The number of hydrogen-bond acceptors (Lipinski definition) is 3. The summed E-state index contributed by atoms with van der Waals surface area (Å²) in [7, 11) is 0. The highest BCUT2D eigenvalue weighted by Gasteiger charge is 2.45. The highest BCUT2D eigenvalue weighted by molar-refractivity contribution is 5.66. The molecular weight excluding hydrogens is 330 g/mol. The first-order valence-electron chi connectivity index (χ1n) is 11.5. The second-order valence-corrected chi connectivity index (χ2v) is 10.3. The summed E-state index contributed by atoms with van der Waals surface area (Å²) in [6.07, 6.45) is 14.3. The SMILES string of the molecule is CC1C[C@@H]2CC(N3[C@@H]4CCC[C@H]3CC(Nc3ccccc3N)C4)C[C@H](C1)C2. The van der Waals surface area contributed by atoms with Gasteiger partial charge < -0.3 is 11.1 Å². The van der Waals surface area contributed by atoms with Crippen molar-refractivity contribution >= 4 is 11.4 Å². The van der Waals surface area contributed by atoms with Gasteiger partial charge in [0.05, 0.1) is 11.4 Å². The molecule has 2 saturated carbocycles. The number of para-hydroxylation sites is 2. The molecule has 4 aliphatic rings. The van der Waals surface area contributed by atoms with Crippen molar-refractivity contribution in [2.45, 2.75) is 95.3 Å². The first kappa shape index (κ1) is 17.8. The molecule has 0 radical (unpaired) electrons. The zero-order chi connectivity index (χ0) is 18.4. The van der Waals surface area contributed by atoms with E-state index in [1.54, 1.807) is 0 Å². The minimum atomic E-state index is 0.587. The van der Waals surface area contributed by atoms with Gasteiger partial charge in [-0.3, -0.25) is 4.90 Å². The van der Waals surface area contributed by atoms with E-state index in [2.05, 4.69) is 29.3 Å². The van der Waals surface area contributed by atoms with Gasteiger partial charge in [-0.05, 0) is 87.7 Å². The summed E-state index contributed by atoms with van der Waals surface area (Å²) < 4.78 is 0. The monoisotopic (exact) mass is 367 g/mol. The maximum absolute atomic E-state index is 6.19. The van der Waals surface area contributed by atoms with Crippen molar-refractivity contribution in [3.63, 3.8) is 0 Å². The van der Waals surface area contributed by atoms with Gasteiger partial charge in [-0.1, -0.05) is 25.5 Å². The Kier molecular flexibility index (Phi) is 4.83. The second-order valence-electron chi connectivity index (χ2n) is 10.3. The van der Waals surface area contributed by atoms with Crippen molar-refractivity contribution in [1.29, 1.82) is 0 Å². The van der Waals surface area contributed by atoms with E-state index in [9.17, 15) is 0 Å². The van der Waals surface area contributed by atoms with Gasteiger partial charge in [0, 0.05) is 24.2 Å². The number of fused-ring (bicyclic) bond motifs is 4. The topological polar surface area (TPSA) is 41.3 Å². The van der Waals surface area contributed by atoms with Gasteiger partial charge in [-0.15, -0.1) is 0 Å². The summed E-state index contributed by atoms with van der Waals surface area (Å²) in [5, 5.41) is 3.80. The largest absolute Gasteiger partial charge is 0.397 e. The van der Waals surface area contributed by atoms with Crippen molar-refractivity contribution in [3.05, 3.63) is 24.3 Å². The average molecular weight is 368 g/mol. The highest BCUT2D eigenvalue weighted by atomic mass is 15.2. The molecule has 3 unspecified atom stereocenters. The molecule has 2 aliphatic carbocycles. The van der Waals surface area contributed by atoms with Crippen molar-refractivity contribution in [2.75, 3.05) is 11.1 Å². The molecule has 4 fully saturated rings. The molecule has 5 rings (SSSR count). The molecule has 3 nitrogen and oxygen atoms in total. The Morgan fingerprint density at radius 1 is 0.852 bits per heavy atom. The summed E-state index contributed by atoms with van der Waals surface area (Å²) in [5.74, 6) is 3.00. The zero-order valence-electron chi connectivity index (χ0n) is 16.9. The first-order valence-corrected chi connectivity index (χ1v) is 11.5. The zero-order valence-corrected chi connectivity index (χ0v) is 16.9.